The predicted molar refractivity (Wildman–Crippen MR) is 142 cm³/mol. The molecule has 0 spiro atoms. The van der Waals surface area contributed by atoms with E-state index >= 15 is 0 Å². The molecule has 2 aliphatic carbocycles. The fourth-order valence-electron chi connectivity index (χ4n) is 5.88. The van der Waals surface area contributed by atoms with Gasteiger partial charge < -0.3 is 14.8 Å². The molecular formula is C30H35N3O5. The number of benzene rings is 2. The van der Waals surface area contributed by atoms with Crippen molar-refractivity contribution in [2.75, 3.05) is 13.7 Å². The van der Waals surface area contributed by atoms with Crippen LogP contribution in [0, 0.1) is 5.92 Å². The van der Waals surface area contributed by atoms with Crippen molar-refractivity contribution in [3.63, 3.8) is 0 Å². The molecule has 2 aromatic carbocycles. The number of methoxy groups -OCH3 is 1. The van der Waals surface area contributed by atoms with E-state index in [-0.39, 0.29) is 36.4 Å². The lowest BCUT2D eigenvalue weighted by Gasteiger charge is -2.25. The van der Waals surface area contributed by atoms with Crippen LogP contribution in [0.1, 0.15) is 73.1 Å². The van der Waals surface area contributed by atoms with E-state index in [1.54, 1.807) is 0 Å². The number of hydrogen-bond donors (Lipinski definition) is 1. The van der Waals surface area contributed by atoms with Crippen molar-refractivity contribution in [3.8, 4) is 0 Å². The molecule has 38 heavy (non-hydrogen) atoms. The van der Waals surface area contributed by atoms with Crippen molar-refractivity contribution >= 4 is 23.7 Å². The molecule has 5 rings (SSSR count). The number of ether oxygens (including phenoxy) is 2. The third-order valence-electron chi connectivity index (χ3n) is 7.87. The molecule has 2 aromatic rings. The first-order valence-electron chi connectivity index (χ1n) is 13.6. The fraction of sp³-hybridized carbons (Fsp3) is 0.467. The van der Waals surface area contributed by atoms with E-state index in [0.717, 1.165) is 42.4 Å². The van der Waals surface area contributed by atoms with Crippen LogP contribution in [0.15, 0.2) is 53.6 Å². The van der Waals surface area contributed by atoms with E-state index in [0.29, 0.717) is 31.2 Å². The van der Waals surface area contributed by atoms with Crippen molar-refractivity contribution in [1.29, 1.82) is 0 Å². The highest BCUT2D eigenvalue weighted by Crippen LogP contribution is 2.37. The van der Waals surface area contributed by atoms with Gasteiger partial charge in [-0.25, -0.2) is 5.01 Å². The highest BCUT2D eigenvalue weighted by Gasteiger charge is 2.32. The third-order valence-corrected chi connectivity index (χ3v) is 7.87. The molecular weight excluding hydrogens is 482 g/mol. The summed E-state index contributed by atoms with van der Waals surface area (Å²) >= 11 is 0. The predicted octanol–water partition coefficient (Wildman–Crippen LogP) is 4.07. The molecule has 2 atom stereocenters. The van der Waals surface area contributed by atoms with Gasteiger partial charge in [-0.1, -0.05) is 49.2 Å². The highest BCUT2D eigenvalue weighted by molar-refractivity contribution is 5.97. The molecule has 1 N–H and O–H groups in total. The first kappa shape index (κ1) is 25.9. The van der Waals surface area contributed by atoms with Gasteiger partial charge in [-0.15, -0.1) is 5.10 Å². The number of nitrogens with one attached hydrogen (secondary N) is 1. The summed E-state index contributed by atoms with van der Waals surface area (Å²) in [6.45, 7) is 0.307. The molecule has 0 unspecified atom stereocenters. The Balaban J connectivity index is 1.29. The van der Waals surface area contributed by atoms with Crippen molar-refractivity contribution in [2.45, 2.75) is 69.9 Å². The lowest BCUT2D eigenvalue weighted by molar-refractivity contribution is -0.145. The summed E-state index contributed by atoms with van der Waals surface area (Å²) in [7, 11) is 1.41. The summed E-state index contributed by atoms with van der Waals surface area (Å²) in [5.41, 5.74) is 4.04. The molecule has 1 heterocycles. The molecule has 1 aliphatic heterocycles. The quantitative estimate of drug-likeness (QED) is 0.533. The van der Waals surface area contributed by atoms with Crippen molar-refractivity contribution in [1.82, 2.24) is 10.3 Å². The lowest BCUT2D eigenvalue weighted by atomic mass is 9.89. The fourth-order valence-corrected chi connectivity index (χ4v) is 5.88. The van der Waals surface area contributed by atoms with Crippen LogP contribution in [0.25, 0.3) is 0 Å². The lowest BCUT2D eigenvalue weighted by Crippen LogP contribution is -2.36. The number of carbonyl (C=O) groups is 3. The largest absolute Gasteiger partial charge is 0.469 e. The van der Waals surface area contributed by atoms with Crippen molar-refractivity contribution in [3.05, 3.63) is 70.8 Å². The van der Waals surface area contributed by atoms with Crippen LogP contribution in [-0.2, 0) is 36.8 Å². The molecule has 200 valence electrons. The second-order valence-corrected chi connectivity index (χ2v) is 10.5. The number of hydrogen-bond acceptors (Lipinski definition) is 6. The van der Waals surface area contributed by atoms with Gasteiger partial charge in [0.15, 0.2) is 6.61 Å². The number of esters is 1. The molecule has 0 bridgehead atoms. The normalized spacial score (nSPS) is 21.7. The van der Waals surface area contributed by atoms with Crippen LogP contribution in [0.4, 0.5) is 0 Å². The second kappa shape index (κ2) is 11.8. The maximum atomic E-state index is 13.0. The number of carbonyl (C=O) groups excluding carboxylic acids is 3. The second-order valence-electron chi connectivity index (χ2n) is 10.5. The van der Waals surface area contributed by atoms with Gasteiger partial charge in [0.1, 0.15) is 0 Å². The monoisotopic (exact) mass is 517 g/mol. The molecule has 2 saturated carbocycles. The summed E-state index contributed by atoms with van der Waals surface area (Å²) in [5.74, 6) is 0.323. The van der Waals surface area contributed by atoms with Gasteiger partial charge in [-0.2, -0.15) is 0 Å². The summed E-state index contributed by atoms with van der Waals surface area (Å²) < 4.78 is 10.4. The van der Waals surface area contributed by atoms with E-state index in [4.69, 9.17) is 9.47 Å². The van der Waals surface area contributed by atoms with Crippen LogP contribution >= 0.6 is 0 Å². The van der Waals surface area contributed by atoms with Crippen LogP contribution in [0.3, 0.4) is 0 Å². The minimum absolute atomic E-state index is 0.00445. The van der Waals surface area contributed by atoms with E-state index in [1.807, 2.05) is 42.5 Å². The number of nitrogens with zero attached hydrogens (tertiary/aromatic N) is 2. The smallest absolute Gasteiger partial charge is 0.308 e. The van der Waals surface area contributed by atoms with Crippen molar-refractivity contribution < 1.29 is 23.9 Å². The Hall–Kier alpha value is -3.68. The minimum atomic E-state index is -0.195. The van der Waals surface area contributed by atoms with Crippen molar-refractivity contribution in [2.24, 2.45) is 11.0 Å². The van der Waals surface area contributed by atoms with Gasteiger partial charge >= 0.3 is 5.97 Å². The van der Waals surface area contributed by atoms with E-state index in [1.165, 1.54) is 30.5 Å². The average molecular weight is 518 g/mol. The molecule has 0 saturated heterocycles. The Morgan fingerprint density at radius 1 is 1.08 bits per heavy atom. The van der Waals surface area contributed by atoms with E-state index in [2.05, 4.69) is 16.5 Å². The number of rotatable bonds is 8. The summed E-state index contributed by atoms with van der Waals surface area (Å²) in [4.78, 5) is 37.4. The average Bonchev–Trinajstić information content (AvgIpc) is 3.64. The Kier molecular flexibility index (Phi) is 8.05. The van der Waals surface area contributed by atoms with Gasteiger partial charge in [0.2, 0.25) is 11.8 Å². The molecule has 0 aromatic heterocycles. The van der Waals surface area contributed by atoms with Crippen LogP contribution in [-0.4, -0.2) is 48.4 Å². The van der Waals surface area contributed by atoms with Gasteiger partial charge in [0, 0.05) is 11.6 Å². The Labute approximate surface area is 223 Å². The van der Waals surface area contributed by atoms with Crippen LogP contribution < -0.4 is 5.32 Å². The molecule has 8 nitrogen and oxygen atoms in total. The molecule has 8 heteroatoms. The zero-order chi connectivity index (χ0) is 26.5. The zero-order valence-corrected chi connectivity index (χ0v) is 21.9. The zero-order valence-electron chi connectivity index (χ0n) is 21.9. The van der Waals surface area contributed by atoms with Gasteiger partial charge in [0.05, 0.1) is 26.0 Å². The van der Waals surface area contributed by atoms with E-state index in [9.17, 15) is 14.4 Å². The van der Waals surface area contributed by atoms with Crippen LogP contribution in [0.2, 0.25) is 0 Å². The molecule has 0 radical (unpaired) electrons. The van der Waals surface area contributed by atoms with Gasteiger partial charge in [-0.05, 0) is 66.8 Å². The number of amides is 2. The SMILES string of the molecule is COC(=O)[C@H]1CC[C@H](NC(=O)Cc2ccc(CN3N=C(c4ccccc4)OCC3=O)cc2C2CCCC2)C1. The first-order valence-corrected chi connectivity index (χ1v) is 13.6. The Bertz CT molecular complexity index is 1210. The van der Waals surface area contributed by atoms with Crippen LogP contribution in [0.5, 0.6) is 0 Å². The summed E-state index contributed by atoms with van der Waals surface area (Å²) in [6, 6.07) is 15.7. The third kappa shape index (κ3) is 6.06. The maximum Gasteiger partial charge on any atom is 0.308 e. The Morgan fingerprint density at radius 3 is 2.63 bits per heavy atom. The molecule has 2 fully saturated rings. The van der Waals surface area contributed by atoms with E-state index < -0.39 is 0 Å². The topological polar surface area (TPSA) is 97.3 Å². The Morgan fingerprint density at radius 2 is 1.87 bits per heavy atom. The summed E-state index contributed by atoms with van der Waals surface area (Å²) in [6.07, 6.45) is 7.05. The highest BCUT2D eigenvalue weighted by atomic mass is 16.5. The standard InChI is InChI=1S/C30H35N3O5/c1-37-30(36)24-13-14-25(16-24)31-27(34)17-23-12-11-20(15-26(23)21-7-5-6-8-21)18-33-28(35)19-38-29(32-33)22-9-3-2-4-10-22/h2-4,9-12,15,21,24-25H,5-8,13-14,16-19H2,1H3,(H,31,34)/t24-,25-/m0/s1. The van der Waals surface area contributed by atoms with Gasteiger partial charge in [0.25, 0.3) is 5.91 Å². The first-order chi connectivity index (χ1) is 18.5. The molecule has 2 amide bonds. The van der Waals surface area contributed by atoms with Gasteiger partial charge in [-0.3, -0.25) is 14.4 Å². The maximum absolute atomic E-state index is 13.0. The summed E-state index contributed by atoms with van der Waals surface area (Å²) in [5, 5.41) is 9.09. The molecule has 3 aliphatic rings. The minimum Gasteiger partial charge on any atom is -0.469 e. The number of hydrazone groups is 1.